The second-order valence-corrected chi connectivity index (χ2v) is 4.95. The molecule has 3 heterocycles. The number of hydrogen-bond donors (Lipinski definition) is 1. The summed E-state index contributed by atoms with van der Waals surface area (Å²) in [7, 11) is 0. The van der Waals surface area contributed by atoms with E-state index in [-0.39, 0.29) is 5.56 Å². The van der Waals surface area contributed by atoms with Gasteiger partial charge in [-0.1, -0.05) is 6.07 Å². The van der Waals surface area contributed by atoms with Gasteiger partial charge < -0.3 is 5.32 Å². The zero-order chi connectivity index (χ0) is 12.5. The summed E-state index contributed by atoms with van der Waals surface area (Å²) in [4.78, 5) is 16.3. The highest BCUT2D eigenvalue weighted by atomic mass is 16.1. The van der Waals surface area contributed by atoms with Crippen LogP contribution in [0.5, 0.6) is 0 Å². The molecule has 1 aliphatic heterocycles. The number of hydrogen-bond acceptors (Lipinski definition) is 3. The van der Waals surface area contributed by atoms with Gasteiger partial charge in [0.25, 0.3) is 5.56 Å². The topological polar surface area (TPSA) is 46.4 Å². The van der Waals surface area contributed by atoms with Gasteiger partial charge in [-0.3, -0.25) is 9.20 Å². The lowest BCUT2D eigenvalue weighted by Crippen LogP contribution is -2.27. The Morgan fingerprint density at radius 2 is 2.11 bits per heavy atom. The Balaban J connectivity index is 2.07. The van der Waals surface area contributed by atoms with Gasteiger partial charge in [-0.05, 0) is 50.4 Å². The Morgan fingerprint density at radius 1 is 1.33 bits per heavy atom. The summed E-state index contributed by atoms with van der Waals surface area (Å²) in [5.41, 5.74) is 2.76. The molecule has 0 saturated carbocycles. The fraction of sp³-hybridized carbons (Fsp3) is 0.429. The van der Waals surface area contributed by atoms with Gasteiger partial charge in [0.05, 0.1) is 0 Å². The Morgan fingerprint density at radius 3 is 2.89 bits per heavy atom. The van der Waals surface area contributed by atoms with Crippen LogP contribution in [0, 0.1) is 6.92 Å². The minimum atomic E-state index is 0.00767. The largest absolute Gasteiger partial charge is 0.317 e. The van der Waals surface area contributed by atoms with E-state index in [1.807, 2.05) is 19.2 Å². The molecule has 1 fully saturated rings. The summed E-state index contributed by atoms with van der Waals surface area (Å²) in [6.45, 7) is 3.97. The molecule has 1 N–H and O–H groups in total. The zero-order valence-electron chi connectivity index (χ0n) is 10.5. The van der Waals surface area contributed by atoms with Gasteiger partial charge in [-0.2, -0.15) is 0 Å². The third-order valence-electron chi connectivity index (χ3n) is 3.62. The van der Waals surface area contributed by atoms with Crippen molar-refractivity contribution >= 4 is 5.65 Å². The van der Waals surface area contributed by atoms with Crippen molar-refractivity contribution in [2.45, 2.75) is 25.7 Å². The van der Waals surface area contributed by atoms with Gasteiger partial charge in [0, 0.05) is 18.0 Å². The molecule has 18 heavy (non-hydrogen) atoms. The molecule has 1 saturated heterocycles. The second kappa shape index (κ2) is 4.53. The quantitative estimate of drug-likeness (QED) is 0.825. The minimum absolute atomic E-state index is 0.00767. The van der Waals surface area contributed by atoms with Crippen molar-refractivity contribution in [2.75, 3.05) is 13.1 Å². The molecule has 1 aliphatic rings. The van der Waals surface area contributed by atoms with E-state index in [2.05, 4.69) is 16.4 Å². The highest BCUT2D eigenvalue weighted by molar-refractivity contribution is 5.40. The van der Waals surface area contributed by atoms with Crippen LogP contribution in [-0.2, 0) is 0 Å². The van der Waals surface area contributed by atoms with Crippen molar-refractivity contribution in [2.24, 2.45) is 0 Å². The third-order valence-corrected chi connectivity index (χ3v) is 3.62. The predicted molar refractivity (Wildman–Crippen MR) is 71.0 cm³/mol. The molecular formula is C14H17N3O. The average molecular weight is 243 g/mol. The van der Waals surface area contributed by atoms with Crippen LogP contribution in [-0.4, -0.2) is 22.5 Å². The van der Waals surface area contributed by atoms with Crippen molar-refractivity contribution in [3.8, 4) is 0 Å². The van der Waals surface area contributed by atoms with E-state index in [1.54, 1.807) is 10.5 Å². The summed E-state index contributed by atoms with van der Waals surface area (Å²) in [5.74, 6) is 0.559. The SMILES string of the molecule is Cc1cc(=O)n2cc(C3CCNCC3)ccc2n1. The monoisotopic (exact) mass is 243 g/mol. The summed E-state index contributed by atoms with van der Waals surface area (Å²) in [6, 6.07) is 5.64. The smallest absolute Gasteiger partial charge is 0.258 e. The van der Waals surface area contributed by atoms with E-state index < -0.39 is 0 Å². The molecule has 4 heteroatoms. The Bertz CT molecular complexity index is 626. The summed E-state index contributed by atoms with van der Waals surface area (Å²) in [5, 5.41) is 3.36. The molecule has 2 aromatic rings. The van der Waals surface area contributed by atoms with Crippen molar-refractivity contribution in [3.05, 3.63) is 46.0 Å². The Labute approximate surface area is 106 Å². The van der Waals surface area contributed by atoms with Crippen LogP contribution >= 0.6 is 0 Å². The maximum absolute atomic E-state index is 11.9. The number of piperidine rings is 1. The lowest BCUT2D eigenvalue weighted by atomic mass is 9.91. The number of pyridine rings is 1. The third kappa shape index (κ3) is 2.04. The van der Waals surface area contributed by atoms with E-state index in [0.717, 1.165) is 37.3 Å². The van der Waals surface area contributed by atoms with E-state index >= 15 is 0 Å². The highest BCUT2D eigenvalue weighted by Crippen LogP contribution is 2.24. The van der Waals surface area contributed by atoms with Crippen LogP contribution in [0.4, 0.5) is 0 Å². The first kappa shape index (κ1) is 11.4. The number of rotatable bonds is 1. The van der Waals surface area contributed by atoms with Crippen molar-refractivity contribution in [3.63, 3.8) is 0 Å². The fourth-order valence-corrected chi connectivity index (χ4v) is 2.63. The van der Waals surface area contributed by atoms with Crippen LogP contribution in [0.2, 0.25) is 0 Å². The molecule has 94 valence electrons. The molecule has 0 bridgehead atoms. The van der Waals surface area contributed by atoms with E-state index in [9.17, 15) is 4.79 Å². The van der Waals surface area contributed by atoms with E-state index in [1.165, 1.54) is 5.56 Å². The number of aromatic nitrogens is 2. The molecule has 0 radical (unpaired) electrons. The number of aryl methyl sites for hydroxylation is 1. The minimum Gasteiger partial charge on any atom is -0.317 e. The zero-order valence-corrected chi connectivity index (χ0v) is 10.5. The first-order chi connectivity index (χ1) is 8.74. The fourth-order valence-electron chi connectivity index (χ4n) is 2.63. The number of nitrogens with one attached hydrogen (secondary N) is 1. The van der Waals surface area contributed by atoms with E-state index in [0.29, 0.717) is 5.92 Å². The van der Waals surface area contributed by atoms with Crippen molar-refractivity contribution < 1.29 is 0 Å². The van der Waals surface area contributed by atoms with E-state index in [4.69, 9.17) is 0 Å². The molecule has 0 aliphatic carbocycles. The molecule has 0 aromatic carbocycles. The highest BCUT2D eigenvalue weighted by Gasteiger charge is 2.15. The predicted octanol–water partition coefficient (Wildman–Crippen LogP) is 1.47. The lowest BCUT2D eigenvalue weighted by molar-refractivity contribution is 0.459. The summed E-state index contributed by atoms with van der Waals surface area (Å²) >= 11 is 0. The molecule has 0 amide bonds. The normalized spacial score (nSPS) is 17.2. The summed E-state index contributed by atoms with van der Waals surface area (Å²) in [6.07, 6.45) is 4.24. The Kier molecular flexibility index (Phi) is 2.88. The first-order valence-corrected chi connectivity index (χ1v) is 6.45. The van der Waals surface area contributed by atoms with Gasteiger partial charge in [0.1, 0.15) is 5.65 Å². The van der Waals surface area contributed by atoms with Gasteiger partial charge >= 0.3 is 0 Å². The van der Waals surface area contributed by atoms with Crippen LogP contribution in [0.25, 0.3) is 5.65 Å². The van der Waals surface area contributed by atoms with Crippen molar-refractivity contribution in [1.82, 2.24) is 14.7 Å². The maximum atomic E-state index is 11.9. The number of nitrogens with zero attached hydrogens (tertiary/aromatic N) is 2. The number of fused-ring (bicyclic) bond motifs is 1. The Hall–Kier alpha value is -1.68. The van der Waals surface area contributed by atoms with Gasteiger partial charge in [0.2, 0.25) is 0 Å². The van der Waals surface area contributed by atoms with Crippen molar-refractivity contribution in [1.29, 1.82) is 0 Å². The van der Waals surface area contributed by atoms with Gasteiger partial charge in [0.15, 0.2) is 0 Å². The van der Waals surface area contributed by atoms with Crippen LogP contribution < -0.4 is 10.9 Å². The van der Waals surface area contributed by atoms with Gasteiger partial charge in [-0.15, -0.1) is 0 Å². The molecule has 0 atom stereocenters. The average Bonchev–Trinajstić information content (AvgIpc) is 2.39. The van der Waals surface area contributed by atoms with Crippen LogP contribution in [0.1, 0.15) is 30.0 Å². The lowest BCUT2D eigenvalue weighted by Gasteiger charge is -2.23. The molecule has 4 nitrogen and oxygen atoms in total. The van der Waals surface area contributed by atoms with Gasteiger partial charge in [-0.25, -0.2) is 4.98 Å². The molecular weight excluding hydrogens is 226 g/mol. The summed E-state index contributed by atoms with van der Waals surface area (Å²) < 4.78 is 1.66. The standard InChI is InChI=1S/C14H17N3O/c1-10-8-14(18)17-9-12(2-3-13(17)16-10)11-4-6-15-7-5-11/h2-3,8-9,11,15H,4-7H2,1H3. The van der Waals surface area contributed by atoms with Crippen LogP contribution in [0.15, 0.2) is 29.2 Å². The maximum Gasteiger partial charge on any atom is 0.258 e. The molecule has 3 rings (SSSR count). The molecule has 2 aromatic heterocycles. The van der Waals surface area contributed by atoms with Crippen LogP contribution in [0.3, 0.4) is 0 Å². The second-order valence-electron chi connectivity index (χ2n) is 4.95. The molecule has 0 spiro atoms. The molecule has 0 unspecified atom stereocenters. The first-order valence-electron chi connectivity index (χ1n) is 6.45.